The van der Waals surface area contributed by atoms with E-state index in [0.717, 1.165) is 6.42 Å². The largest absolute Gasteiger partial charge is 0.325 e. The van der Waals surface area contributed by atoms with Gasteiger partial charge in [0, 0.05) is 17.6 Å². The number of hydrogen-bond acceptors (Lipinski definition) is 2. The average molecular weight is 284 g/mol. The van der Waals surface area contributed by atoms with Crippen LogP contribution < -0.4 is 10.6 Å². The molecule has 1 aliphatic carbocycles. The second-order valence-electron chi connectivity index (χ2n) is 5.30. The molecule has 108 valence electrons. The molecule has 4 heteroatoms. The maximum absolute atomic E-state index is 13.0. The van der Waals surface area contributed by atoms with Gasteiger partial charge in [0.1, 0.15) is 5.82 Å². The van der Waals surface area contributed by atoms with Crippen molar-refractivity contribution in [3.8, 4) is 0 Å². The van der Waals surface area contributed by atoms with Gasteiger partial charge in [0.25, 0.3) is 0 Å². The van der Waals surface area contributed by atoms with Crippen LogP contribution in [0.25, 0.3) is 0 Å². The lowest BCUT2D eigenvalue weighted by atomic mass is 10.1. The van der Waals surface area contributed by atoms with Crippen LogP contribution in [0.1, 0.15) is 17.9 Å². The average Bonchev–Trinajstić information content (AvgIpc) is 3.26. The summed E-state index contributed by atoms with van der Waals surface area (Å²) in [6.07, 6.45) is 1.05. The van der Waals surface area contributed by atoms with Gasteiger partial charge >= 0.3 is 0 Å². The fraction of sp³-hybridized carbons (Fsp3) is 0.235. The van der Waals surface area contributed by atoms with E-state index in [1.807, 2.05) is 18.2 Å². The molecule has 1 fully saturated rings. The van der Waals surface area contributed by atoms with Gasteiger partial charge in [0.2, 0.25) is 5.91 Å². The van der Waals surface area contributed by atoms with Gasteiger partial charge in [-0.15, -0.1) is 0 Å². The van der Waals surface area contributed by atoms with E-state index in [1.54, 1.807) is 12.1 Å². The Kier molecular flexibility index (Phi) is 3.97. The number of hydrogen-bond donors (Lipinski definition) is 2. The molecular weight excluding hydrogens is 267 g/mol. The topological polar surface area (TPSA) is 41.1 Å². The highest BCUT2D eigenvalue weighted by atomic mass is 19.1. The van der Waals surface area contributed by atoms with Crippen LogP contribution in [0.5, 0.6) is 0 Å². The smallest absolute Gasteiger partial charge is 0.238 e. The van der Waals surface area contributed by atoms with Crippen molar-refractivity contribution in [2.24, 2.45) is 0 Å². The molecule has 1 aliphatic rings. The minimum Gasteiger partial charge on any atom is -0.325 e. The highest BCUT2D eigenvalue weighted by molar-refractivity contribution is 5.92. The second kappa shape index (κ2) is 6.06. The molecule has 2 unspecified atom stereocenters. The highest BCUT2D eigenvalue weighted by Crippen LogP contribution is 2.40. The lowest BCUT2D eigenvalue weighted by Crippen LogP contribution is -2.30. The summed E-state index contributed by atoms with van der Waals surface area (Å²) in [6, 6.07) is 16.5. The number of carbonyl (C=O) groups is 1. The summed E-state index contributed by atoms with van der Waals surface area (Å²) in [5, 5.41) is 5.91. The van der Waals surface area contributed by atoms with Gasteiger partial charge in [-0.2, -0.15) is 0 Å². The summed E-state index contributed by atoms with van der Waals surface area (Å²) >= 11 is 0. The van der Waals surface area contributed by atoms with Crippen LogP contribution in [0.4, 0.5) is 10.1 Å². The highest BCUT2D eigenvalue weighted by Gasteiger charge is 2.37. The number of benzene rings is 2. The third kappa shape index (κ3) is 3.67. The van der Waals surface area contributed by atoms with Gasteiger partial charge in [-0.1, -0.05) is 36.4 Å². The molecule has 2 atom stereocenters. The third-order valence-electron chi connectivity index (χ3n) is 3.65. The standard InChI is InChI=1S/C17H17FN2O/c18-13-7-4-8-14(9-13)20-17(21)11-19-16-10-15(16)12-5-2-1-3-6-12/h1-9,15-16,19H,10-11H2,(H,20,21). The minimum atomic E-state index is -0.355. The maximum atomic E-state index is 13.0. The molecule has 3 nitrogen and oxygen atoms in total. The van der Waals surface area contributed by atoms with Gasteiger partial charge in [-0.25, -0.2) is 4.39 Å². The van der Waals surface area contributed by atoms with Crippen molar-refractivity contribution in [2.75, 3.05) is 11.9 Å². The summed E-state index contributed by atoms with van der Waals surface area (Å²) < 4.78 is 13.0. The predicted octanol–water partition coefficient (Wildman–Crippen LogP) is 2.91. The molecule has 2 aromatic rings. The Labute approximate surface area is 123 Å². The molecule has 1 amide bonds. The first-order valence-corrected chi connectivity index (χ1v) is 7.06. The summed E-state index contributed by atoms with van der Waals surface area (Å²) in [4.78, 5) is 11.8. The zero-order valence-corrected chi connectivity index (χ0v) is 11.6. The number of carbonyl (C=O) groups excluding carboxylic acids is 1. The number of nitrogens with one attached hydrogen (secondary N) is 2. The molecule has 0 spiro atoms. The molecule has 2 aromatic carbocycles. The Morgan fingerprint density at radius 2 is 1.95 bits per heavy atom. The zero-order chi connectivity index (χ0) is 14.7. The van der Waals surface area contributed by atoms with E-state index in [1.165, 1.54) is 17.7 Å². The zero-order valence-electron chi connectivity index (χ0n) is 11.6. The molecule has 0 aliphatic heterocycles. The molecule has 0 radical (unpaired) electrons. The third-order valence-corrected chi connectivity index (χ3v) is 3.65. The van der Waals surface area contributed by atoms with Crippen LogP contribution >= 0.6 is 0 Å². The SMILES string of the molecule is O=C(CNC1CC1c1ccccc1)Nc1cccc(F)c1. The van der Waals surface area contributed by atoms with E-state index < -0.39 is 0 Å². The molecule has 1 saturated carbocycles. The lowest BCUT2D eigenvalue weighted by Gasteiger charge is -2.07. The molecule has 0 aromatic heterocycles. The first-order valence-electron chi connectivity index (χ1n) is 7.06. The molecule has 3 rings (SSSR count). The Balaban J connectivity index is 1.45. The summed E-state index contributed by atoms with van der Waals surface area (Å²) in [5.74, 6) is -0.0143. The normalized spacial score (nSPS) is 20.0. The first kappa shape index (κ1) is 13.8. The van der Waals surface area contributed by atoms with E-state index in [-0.39, 0.29) is 18.3 Å². The number of amides is 1. The van der Waals surface area contributed by atoms with Crippen molar-refractivity contribution in [2.45, 2.75) is 18.4 Å². The van der Waals surface area contributed by atoms with Gasteiger partial charge < -0.3 is 10.6 Å². The lowest BCUT2D eigenvalue weighted by molar-refractivity contribution is -0.115. The van der Waals surface area contributed by atoms with Gasteiger partial charge in [-0.05, 0) is 30.2 Å². The van der Waals surface area contributed by atoms with Gasteiger partial charge in [-0.3, -0.25) is 4.79 Å². The van der Waals surface area contributed by atoms with Crippen molar-refractivity contribution >= 4 is 11.6 Å². The van der Waals surface area contributed by atoms with E-state index in [0.29, 0.717) is 17.6 Å². The Bertz CT molecular complexity index is 630. The first-order chi connectivity index (χ1) is 10.2. The Hall–Kier alpha value is -2.20. The fourth-order valence-corrected chi connectivity index (χ4v) is 2.48. The fourth-order valence-electron chi connectivity index (χ4n) is 2.48. The number of halogens is 1. The monoisotopic (exact) mass is 284 g/mol. The van der Waals surface area contributed by atoms with E-state index >= 15 is 0 Å². The quantitative estimate of drug-likeness (QED) is 0.886. The summed E-state index contributed by atoms with van der Waals surface area (Å²) in [7, 11) is 0. The van der Waals surface area contributed by atoms with Crippen molar-refractivity contribution in [3.63, 3.8) is 0 Å². The second-order valence-corrected chi connectivity index (χ2v) is 5.30. The predicted molar refractivity (Wildman–Crippen MR) is 80.6 cm³/mol. The number of rotatable bonds is 5. The van der Waals surface area contributed by atoms with E-state index in [9.17, 15) is 9.18 Å². The molecule has 2 N–H and O–H groups in total. The Morgan fingerprint density at radius 3 is 2.71 bits per heavy atom. The van der Waals surface area contributed by atoms with Crippen LogP contribution in [-0.2, 0) is 4.79 Å². The van der Waals surface area contributed by atoms with Crippen molar-refractivity contribution in [1.82, 2.24) is 5.32 Å². The van der Waals surface area contributed by atoms with Gasteiger partial charge in [0.05, 0.1) is 6.54 Å². The Morgan fingerprint density at radius 1 is 1.14 bits per heavy atom. The molecule has 0 saturated heterocycles. The molecule has 0 bridgehead atoms. The maximum Gasteiger partial charge on any atom is 0.238 e. The van der Waals surface area contributed by atoms with Crippen LogP contribution in [0.3, 0.4) is 0 Å². The van der Waals surface area contributed by atoms with Crippen LogP contribution in [0.15, 0.2) is 54.6 Å². The van der Waals surface area contributed by atoms with Crippen molar-refractivity contribution < 1.29 is 9.18 Å². The molecule has 0 heterocycles. The van der Waals surface area contributed by atoms with Crippen molar-refractivity contribution in [1.29, 1.82) is 0 Å². The van der Waals surface area contributed by atoms with Crippen LogP contribution in [-0.4, -0.2) is 18.5 Å². The van der Waals surface area contributed by atoms with Crippen molar-refractivity contribution in [3.05, 3.63) is 66.0 Å². The molecular formula is C17H17FN2O. The molecule has 21 heavy (non-hydrogen) atoms. The van der Waals surface area contributed by atoms with Gasteiger partial charge in [0.15, 0.2) is 0 Å². The van der Waals surface area contributed by atoms with E-state index in [2.05, 4.69) is 22.8 Å². The summed E-state index contributed by atoms with van der Waals surface area (Å²) in [5.41, 5.74) is 1.79. The minimum absolute atomic E-state index is 0.153. The van der Waals surface area contributed by atoms with E-state index in [4.69, 9.17) is 0 Å². The van der Waals surface area contributed by atoms with Crippen LogP contribution in [0.2, 0.25) is 0 Å². The number of anilines is 1. The van der Waals surface area contributed by atoms with Crippen LogP contribution in [0, 0.1) is 5.82 Å². The summed E-state index contributed by atoms with van der Waals surface area (Å²) in [6.45, 7) is 0.241.